The molecule has 1 fully saturated rings. The molecular weight excluding hydrogens is 230 g/mol. The summed E-state index contributed by atoms with van der Waals surface area (Å²) in [7, 11) is 0. The van der Waals surface area contributed by atoms with Crippen LogP contribution in [0.2, 0.25) is 5.02 Å². The fraction of sp³-hybridized carbons (Fsp3) is 0.600. The van der Waals surface area contributed by atoms with Crippen LogP contribution in [0.25, 0.3) is 0 Å². The molecule has 1 aromatic rings. The van der Waals surface area contributed by atoms with Crippen LogP contribution in [0.15, 0.2) is 18.2 Å². The van der Waals surface area contributed by atoms with Crippen molar-refractivity contribution in [3.8, 4) is 0 Å². The minimum Gasteiger partial charge on any atom is -0.371 e. The lowest BCUT2D eigenvalue weighted by Crippen LogP contribution is -2.29. The lowest BCUT2D eigenvalue weighted by Gasteiger charge is -2.30. The maximum absolute atomic E-state index is 6.41. The Morgan fingerprint density at radius 2 is 1.71 bits per heavy atom. The van der Waals surface area contributed by atoms with E-state index in [2.05, 4.69) is 43.9 Å². The highest BCUT2D eigenvalue weighted by Crippen LogP contribution is 2.33. The molecule has 0 amide bonds. The molecule has 0 saturated carbocycles. The first-order valence-electron chi connectivity index (χ1n) is 6.53. The molecule has 1 aromatic carbocycles. The predicted octanol–water partition coefficient (Wildman–Crippen LogP) is 4.63. The molecular formula is C15H22ClN. The summed E-state index contributed by atoms with van der Waals surface area (Å²) in [6.07, 6.45) is 3.97. The highest BCUT2D eigenvalue weighted by atomic mass is 35.5. The molecule has 0 radical (unpaired) electrons. The largest absolute Gasteiger partial charge is 0.371 e. The van der Waals surface area contributed by atoms with Gasteiger partial charge in [-0.3, -0.25) is 0 Å². The molecule has 0 unspecified atom stereocenters. The van der Waals surface area contributed by atoms with E-state index >= 15 is 0 Å². The minimum atomic E-state index is 0.123. The molecule has 2 rings (SSSR count). The van der Waals surface area contributed by atoms with E-state index in [1.807, 2.05) is 0 Å². The summed E-state index contributed by atoms with van der Waals surface area (Å²) in [5.41, 5.74) is 2.64. The van der Waals surface area contributed by atoms with E-state index in [-0.39, 0.29) is 5.41 Å². The van der Waals surface area contributed by atoms with E-state index in [1.165, 1.54) is 43.6 Å². The van der Waals surface area contributed by atoms with Crippen molar-refractivity contribution in [2.45, 2.75) is 45.4 Å². The average Bonchev–Trinajstić information content (AvgIpc) is 2.28. The van der Waals surface area contributed by atoms with Gasteiger partial charge in [-0.1, -0.05) is 38.4 Å². The van der Waals surface area contributed by atoms with Gasteiger partial charge in [0.25, 0.3) is 0 Å². The van der Waals surface area contributed by atoms with Crippen molar-refractivity contribution in [3.63, 3.8) is 0 Å². The third kappa shape index (κ3) is 2.95. The molecule has 0 spiro atoms. The first-order valence-corrected chi connectivity index (χ1v) is 6.91. The molecule has 0 atom stereocenters. The molecule has 0 N–H and O–H groups in total. The Labute approximate surface area is 110 Å². The zero-order valence-electron chi connectivity index (χ0n) is 11.1. The number of rotatable bonds is 1. The van der Waals surface area contributed by atoms with Crippen molar-refractivity contribution < 1.29 is 0 Å². The van der Waals surface area contributed by atoms with Crippen molar-refractivity contribution in [2.24, 2.45) is 0 Å². The molecule has 1 nitrogen and oxygen atoms in total. The smallest absolute Gasteiger partial charge is 0.0463 e. The maximum Gasteiger partial charge on any atom is 0.0463 e. The van der Waals surface area contributed by atoms with Crippen molar-refractivity contribution >= 4 is 17.3 Å². The lowest BCUT2D eigenvalue weighted by atomic mass is 9.87. The quantitative estimate of drug-likeness (QED) is 0.704. The van der Waals surface area contributed by atoms with E-state index in [4.69, 9.17) is 11.6 Å². The molecule has 0 bridgehead atoms. The first kappa shape index (κ1) is 12.8. The summed E-state index contributed by atoms with van der Waals surface area (Å²) in [5.74, 6) is 0. The Morgan fingerprint density at radius 3 is 2.24 bits per heavy atom. The van der Waals surface area contributed by atoms with Crippen molar-refractivity contribution in [3.05, 3.63) is 28.8 Å². The van der Waals surface area contributed by atoms with Crippen LogP contribution in [0.1, 0.15) is 45.6 Å². The standard InChI is InChI=1S/C15H22ClN/c1-15(2,3)13-8-7-12(11-14(13)16)17-9-5-4-6-10-17/h7-8,11H,4-6,9-10H2,1-3H3. The monoisotopic (exact) mass is 251 g/mol. The molecule has 0 aromatic heterocycles. The second-order valence-electron chi connectivity index (χ2n) is 5.96. The van der Waals surface area contributed by atoms with Crippen LogP contribution in [0.3, 0.4) is 0 Å². The van der Waals surface area contributed by atoms with Gasteiger partial charge in [-0.2, -0.15) is 0 Å². The fourth-order valence-corrected chi connectivity index (χ4v) is 2.92. The summed E-state index contributed by atoms with van der Waals surface area (Å²) in [6.45, 7) is 8.95. The van der Waals surface area contributed by atoms with Crippen LogP contribution in [0.5, 0.6) is 0 Å². The van der Waals surface area contributed by atoms with Gasteiger partial charge in [-0.15, -0.1) is 0 Å². The van der Waals surface area contributed by atoms with Crippen LogP contribution in [-0.4, -0.2) is 13.1 Å². The molecule has 94 valence electrons. The van der Waals surface area contributed by atoms with E-state index in [9.17, 15) is 0 Å². The van der Waals surface area contributed by atoms with Gasteiger partial charge in [-0.05, 0) is 42.4 Å². The van der Waals surface area contributed by atoms with Crippen LogP contribution < -0.4 is 4.90 Å². The molecule has 0 aliphatic carbocycles. The van der Waals surface area contributed by atoms with E-state index in [0.29, 0.717) is 0 Å². The number of benzene rings is 1. The topological polar surface area (TPSA) is 3.24 Å². The summed E-state index contributed by atoms with van der Waals surface area (Å²) in [6, 6.07) is 6.54. The van der Waals surface area contributed by atoms with Crippen molar-refractivity contribution in [1.82, 2.24) is 0 Å². The molecule has 1 heterocycles. The molecule has 1 aliphatic heterocycles. The number of halogens is 1. The summed E-state index contributed by atoms with van der Waals surface area (Å²) in [5, 5.41) is 0.903. The fourth-order valence-electron chi connectivity index (χ4n) is 2.46. The SMILES string of the molecule is CC(C)(C)c1ccc(N2CCCCC2)cc1Cl. The minimum absolute atomic E-state index is 0.123. The normalized spacial score (nSPS) is 17.3. The second kappa shape index (κ2) is 4.89. The zero-order valence-corrected chi connectivity index (χ0v) is 11.8. The third-order valence-corrected chi connectivity index (χ3v) is 3.79. The summed E-state index contributed by atoms with van der Waals surface area (Å²) in [4.78, 5) is 2.45. The molecule has 1 saturated heterocycles. The van der Waals surface area contributed by atoms with Crippen molar-refractivity contribution in [2.75, 3.05) is 18.0 Å². The van der Waals surface area contributed by atoms with Gasteiger partial charge in [0.2, 0.25) is 0 Å². The first-order chi connectivity index (χ1) is 7.98. The van der Waals surface area contributed by atoms with Crippen LogP contribution in [0.4, 0.5) is 5.69 Å². The van der Waals surface area contributed by atoms with Crippen LogP contribution in [-0.2, 0) is 5.41 Å². The van der Waals surface area contributed by atoms with Gasteiger partial charge in [-0.25, -0.2) is 0 Å². The number of hydrogen-bond acceptors (Lipinski definition) is 1. The Hall–Kier alpha value is -0.690. The lowest BCUT2D eigenvalue weighted by molar-refractivity contribution is 0.575. The number of piperidine rings is 1. The van der Waals surface area contributed by atoms with Gasteiger partial charge in [0.05, 0.1) is 0 Å². The summed E-state index contributed by atoms with van der Waals surface area (Å²) >= 11 is 6.41. The maximum atomic E-state index is 6.41. The second-order valence-corrected chi connectivity index (χ2v) is 6.37. The van der Waals surface area contributed by atoms with Gasteiger partial charge in [0, 0.05) is 23.8 Å². The van der Waals surface area contributed by atoms with Crippen LogP contribution in [0, 0.1) is 0 Å². The Kier molecular flexibility index (Phi) is 3.67. The predicted molar refractivity (Wildman–Crippen MR) is 76.2 cm³/mol. The molecule has 2 heteroatoms. The number of anilines is 1. The Bertz CT molecular complexity index is 386. The van der Waals surface area contributed by atoms with Gasteiger partial charge in [0.15, 0.2) is 0 Å². The zero-order chi connectivity index (χ0) is 12.5. The van der Waals surface area contributed by atoms with Gasteiger partial charge >= 0.3 is 0 Å². The van der Waals surface area contributed by atoms with Gasteiger partial charge in [0.1, 0.15) is 0 Å². The van der Waals surface area contributed by atoms with E-state index in [0.717, 1.165) is 5.02 Å². The number of hydrogen-bond donors (Lipinski definition) is 0. The average molecular weight is 252 g/mol. The third-order valence-electron chi connectivity index (χ3n) is 3.48. The highest BCUT2D eigenvalue weighted by molar-refractivity contribution is 6.31. The van der Waals surface area contributed by atoms with E-state index in [1.54, 1.807) is 0 Å². The Balaban J connectivity index is 2.24. The summed E-state index contributed by atoms with van der Waals surface area (Å²) < 4.78 is 0. The molecule has 17 heavy (non-hydrogen) atoms. The van der Waals surface area contributed by atoms with E-state index < -0.39 is 0 Å². The number of nitrogens with zero attached hydrogens (tertiary/aromatic N) is 1. The van der Waals surface area contributed by atoms with Gasteiger partial charge < -0.3 is 4.90 Å². The van der Waals surface area contributed by atoms with Crippen molar-refractivity contribution in [1.29, 1.82) is 0 Å². The van der Waals surface area contributed by atoms with Crippen LogP contribution >= 0.6 is 11.6 Å². The molecule has 1 aliphatic rings. The Morgan fingerprint density at radius 1 is 1.06 bits per heavy atom. The highest BCUT2D eigenvalue weighted by Gasteiger charge is 2.19.